The Morgan fingerprint density at radius 3 is 2.95 bits per heavy atom. The summed E-state index contributed by atoms with van der Waals surface area (Å²) in [5, 5.41) is 1.00. The highest BCUT2D eigenvalue weighted by atomic mass is 16.1. The Labute approximate surface area is 128 Å². The molecule has 0 radical (unpaired) electrons. The largest absolute Gasteiger partial charge is 0.397 e. The molecule has 0 aliphatic heterocycles. The molecule has 22 heavy (non-hydrogen) atoms. The zero-order valence-corrected chi connectivity index (χ0v) is 12.1. The number of rotatable bonds is 1. The second kappa shape index (κ2) is 4.95. The second-order valence-electron chi connectivity index (χ2n) is 5.78. The zero-order valence-electron chi connectivity index (χ0n) is 12.1. The minimum Gasteiger partial charge on any atom is -0.397 e. The lowest BCUT2D eigenvalue weighted by Gasteiger charge is -2.29. The van der Waals surface area contributed by atoms with Gasteiger partial charge in [-0.3, -0.25) is 4.79 Å². The van der Waals surface area contributed by atoms with Crippen LogP contribution in [0.15, 0.2) is 66.3 Å². The number of allylic oxidation sites excluding steroid dienone is 6. The van der Waals surface area contributed by atoms with Crippen molar-refractivity contribution >= 4 is 22.4 Å². The summed E-state index contributed by atoms with van der Waals surface area (Å²) in [6.45, 7) is 0. The van der Waals surface area contributed by atoms with Crippen LogP contribution in [0.4, 0.5) is 5.69 Å². The summed E-state index contributed by atoms with van der Waals surface area (Å²) < 4.78 is 0. The standard InChI is InChI=1S/C19H16N2O/c20-15-7-3-5-13-8-10-16(21-19(13)15)18-14-6-2-1-4-12(14)9-11-17(18)22/h1-10,14,18H,11,20H2. The van der Waals surface area contributed by atoms with Crippen LogP contribution in [-0.4, -0.2) is 10.8 Å². The molecule has 0 saturated carbocycles. The van der Waals surface area contributed by atoms with E-state index in [1.54, 1.807) is 0 Å². The summed E-state index contributed by atoms with van der Waals surface area (Å²) >= 11 is 0. The Hall–Kier alpha value is -2.68. The highest BCUT2D eigenvalue weighted by Gasteiger charge is 2.34. The number of nitrogens with zero attached hydrogens (tertiary/aromatic N) is 1. The number of nitrogen functional groups attached to an aromatic ring is 1. The van der Waals surface area contributed by atoms with Gasteiger partial charge < -0.3 is 5.73 Å². The van der Waals surface area contributed by atoms with E-state index in [9.17, 15) is 4.79 Å². The van der Waals surface area contributed by atoms with Gasteiger partial charge >= 0.3 is 0 Å². The first-order chi connectivity index (χ1) is 10.7. The van der Waals surface area contributed by atoms with Crippen molar-refractivity contribution in [2.75, 3.05) is 5.73 Å². The van der Waals surface area contributed by atoms with Crippen molar-refractivity contribution in [2.24, 2.45) is 5.92 Å². The topological polar surface area (TPSA) is 56.0 Å². The average molecular weight is 288 g/mol. The molecule has 1 heterocycles. The van der Waals surface area contributed by atoms with E-state index in [-0.39, 0.29) is 17.6 Å². The molecule has 3 nitrogen and oxygen atoms in total. The Bertz CT molecular complexity index is 861. The number of carbonyl (C=O) groups excluding carboxylic acids is 1. The van der Waals surface area contributed by atoms with Gasteiger partial charge in [0, 0.05) is 17.7 Å². The molecule has 0 bridgehead atoms. The predicted molar refractivity (Wildman–Crippen MR) is 88.4 cm³/mol. The molecular weight excluding hydrogens is 272 g/mol. The van der Waals surface area contributed by atoms with E-state index in [0.717, 1.165) is 16.6 Å². The van der Waals surface area contributed by atoms with Gasteiger partial charge in [-0.25, -0.2) is 4.98 Å². The lowest BCUT2D eigenvalue weighted by molar-refractivity contribution is -0.120. The maximum Gasteiger partial charge on any atom is 0.146 e. The third-order valence-electron chi connectivity index (χ3n) is 4.44. The van der Waals surface area contributed by atoms with Crippen LogP contribution in [-0.2, 0) is 4.79 Å². The number of hydrogen-bond acceptors (Lipinski definition) is 3. The number of nitrogens with two attached hydrogens (primary N) is 1. The number of ketones is 1. The van der Waals surface area contributed by atoms with Gasteiger partial charge in [0.15, 0.2) is 0 Å². The molecule has 1 aromatic carbocycles. The predicted octanol–water partition coefficient (Wildman–Crippen LogP) is 3.54. The van der Waals surface area contributed by atoms with Crippen LogP contribution in [0.1, 0.15) is 18.0 Å². The molecule has 0 saturated heterocycles. The van der Waals surface area contributed by atoms with Crippen molar-refractivity contribution in [3.05, 3.63) is 72.0 Å². The number of carbonyl (C=O) groups is 1. The van der Waals surface area contributed by atoms with Gasteiger partial charge in [-0.15, -0.1) is 0 Å². The smallest absolute Gasteiger partial charge is 0.146 e. The van der Waals surface area contributed by atoms with E-state index in [0.29, 0.717) is 12.1 Å². The first-order valence-corrected chi connectivity index (χ1v) is 7.47. The number of anilines is 1. The molecule has 4 rings (SSSR count). The maximum atomic E-state index is 12.5. The van der Waals surface area contributed by atoms with E-state index in [1.807, 2.05) is 48.6 Å². The van der Waals surface area contributed by atoms with Crippen LogP contribution < -0.4 is 5.73 Å². The molecule has 2 aromatic rings. The molecule has 0 amide bonds. The van der Waals surface area contributed by atoms with Gasteiger partial charge in [-0.05, 0) is 17.7 Å². The third kappa shape index (κ3) is 1.98. The molecule has 0 spiro atoms. The maximum absolute atomic E-state index is 12.5. The number of pyridine rings is 1. The van der Waals surface area contributed by atoms with Crippen LogP contribution in [0.3, 0.4) is 0 Å². The Morgan fingerprint density at radius 1 is 1.14 bits per heavy atom. The third-order valence-corrected chi connectivity index (χ3v) is 4.44. The van der Waals surface area contributed by atoms with Gasteiger partial charge in [0.1, 0.15) is 5.78 Å². The molecule has 3 heteroatoms. The highest BCUT2D eigenvalue weighted by molar-refractivity contribution is 5.92. The Kier molecular flexibility index (Phi) is 2.93. The van der Waals surface area contributed by atoms with Gasteiger partial charge in [0.2, 0.25) is 0 Å². The van der Waals surface area contributed by atoms with Crippen molar-refractivity contribution in [1.29, 1.82) is 0 Å². The molecule has 1 aromatic heterocycles. The van der Waals surface area contributed by atoms with Crippen molar-refractivity contribution in [3.63, 3.8) is 0 Å². The van der Waals surface area contributed by atoms with Crippen molar-refractivity contribution in [1.82, 2.24) is 4.98 Å². The van der Waals surface area contributed by atoms with E-state index >= 15 is 0 Å². The second-order valence-corrected chi connectivity index (χ2v) is 5.78. The van der Waals surface area contributed by atoms with Gasteiger partial charge in [0.05, 0.1) is 22.8 Å². The molecule has 108 valence electrons. The summed E-state index contributed by atoms with van der Waals surface area (Å²) in [5.41, 5.74) is 9.48. The fourth-order valence-corrected chi connectivity index (χ4v) is 3.33. The molecule has 0 fully saturated rings. The lowest BCUT2D eigenvalue weighted by atomic mass is 9.74. The molecule has 2 aliphatic carbocycles. The number of aromatic nitrogens is 1. The summed E-state index contributed by atoms with van der Waals surface area (Å²) in [6, 6.07) is 9.71. The minimum absolute atomic E-state index is 0.0844. The van der Waals surface area contributed by atoms with Crippen LogP contribution >= 0.6 is 0 Å². The highest BCUT2D eigenvalue weighted by Crippen LogP contribution is 2.39. The monoisotopic (exact) mass is 288 g/mol. The summed E-state index contributed by atoms with van der Waals surface area (Å²) in [7, 11) is 0. The SMILES string of the molecule is Nc1cccc2ccc(C3C(=O)CC=C4C=CC=CC43)nc12. The zero-order chi connectivity index (χ0) is 15.1. The van der Waals surface area contributed by atoms with Gasteiger partial charge in [0.25, 0.3) is 0 Å². The van der Waals surface area contributed by atoms with Gasteiger partial charge in [-0.1, -0.05) is 48.6 Å². The van der Waals surface area contributed by atoms with E-state index in [2.05, 4.69) is 12.2 Å². The molecule has 2 aliphatic rings. The minimum atomic E-state index is -0.217. The summed E-state index contributed by atoms with van der Waals surface area (Å²) in [4.78, 5) is 17.2. The molecular formula is C19H16N2O. The van der Waals surface area contributed by atoms with E-state index < -0.39 is 0 Å². The first-order valence-electron chi connectivity index (χ1n) is 7.47. The number of Topliss-reactive ketones (excluding diaryl/α,β-unsaturated/α-hetero) is 1. The fraction of sp³-hybridized carbons (Fsp3) is 0.158. The van der Waals surface area contributed by atoms with Crippen molar-refractivity contribution in [3.8, 4) is 0 Å². The fourth-order valence-electron chi connectivity index (χ4n) is 3.33. The van der Waals surface area contributed by atoms with Crippen molar-refractivity contribution < 1.29 is 4.79 Å². The number of fused-ring (bicyclic) bond motifs is 2. The van der Waals surface area contributed by atoms with Crippen molar-refractivity contribution in [2.45, 2.75) is 12.3 Å². The van der Waals surface area contributed by atoms with Crippen LogP contribution in [0.2, 0.25) is 0 Å². The van der Waals surface area contributed by atoms with Crippen LogP contribution in [0.25, 0.3) is 10.9 Å². The number of hydrogen-bond donors (Lipinski definition) is 1. The summed E-state index contributed by atoms with van der Waals surface area (Å²) in [5.74, 6) is 0.0846. The Balaban J connectivity index is 1.85. The van der Waals surface area contributed by atoms with Gasteiger partial charge in [-0.2, -0.15) is 0 Å². The quantitative estimate of drug-likeness (QED) is 0.816. The molecule has 2 unspecified atom stereocenters. The average Bonchev–Trinajstić information content (AvgIpc) is 2.55. The lowest BCUT2D eigenvalue weighted by Crippen LogP contribution is -2.26. The summed E-state index contributed by atoms with van der Waals surface area (Å²) in [6.07, 6.45) is 10.7. The molecule has 2 N–H and O–H groups in total. The van der Waals surface area contributed by atoms with E-state index in [4.69, 9.17) is 10.7 Å². The number of para-hydroxylation sites is 1. The molecule has 2 atom stereocenters. The Morgan fingerprint density at radius 2 is 2.05 bits per heavy atom. The number of benzene rings is 1. The van der Waals surface area contributed by atoms with Crippen LogP contribution in [0, 0.1) is 5.92 Å². The van der Waals surface area contributed by atoms with Crippen LogP contribution in [0.5, 0.6) is 0 Å². The van der Waals surface area contributed by atoms with E-state index in [1.165, 1.54) is 5.57 Å². The normalized spacial score (nSPS) is 23.5. The first kappa shape index (κ1) is 13.0.